The van der Waals surface area contributed by atoms with Gasteiger partial charge in [-0.1, -0.05) is 13.8 Å². The zero-order valence-electron chi connectivity index (χ0n) is 12.5. The number of nitrogens with one attached hydrogen (secondary N) is 1. The largest absolute Gasteiger partial charge is 0.465 e. The molecule has 1 aromatic heterocycles. The Bertz CT molecular complexity index is 344. The van der Waals surface area contributed by atoms with Crippen LogP contribution in [0.15, 0.2) is 10.5 Å². The van der Waals surface area contributed by atoms with Crippen molar-refractivity contribution < 1.29 is 4.42 Å². The molecule has 0 saturated carbocycles. The van der Waals surface area contributed by atoms with Crippen molar-refractivity contribution in [1.29, 1.82) is 0 Å². The lowest BCUT2D eigenvalue weighted by atomic mass is 10.2. The first-order chi connectivity index (χ1) is 8.58. The summed E-state index contributed by atoms with van der Waals surface area (Å²) in [6, 6.07) is 2.76. The van der Waals surface area contributed by atoms with Crippen molar-refractivity contribution in [3.63, 3.8) is 0 Å². The van der Waals surface area contributed by atoms with Gasteiger partial charge in [0.2, 0.25) is 0 Å². The molecule has 0 atom stereocenters. The summed E-state index contributed by atoms with van der Waals surface area (Å²) in [4.78, 5) is 2.45. The van der Waals surface area contributed by atoms with Crippen molar-refractivity contribution in [2.24, 2.45) is 0 Å². The average molecular weight is 252 g/mol. The molecule has 1 heterocycles. The van der Waals surface area contributed by atoms with Gasteiger partial charge in [-0.15, -0.1) is 0 Å². The number of hydrogen-bond donors (Lipinski definition) is 1. The second-order valence-electron chi connectivity index (χ2n) is 5.14. The minimum atomic E-state index is 0.563. The zero-order valence-corrected chi connectivity index (χ0v) is 12.5. The highest BCUT2D eigenvalue weighted by molar-refractivity contribution is 5.20. The summed E-state index contributed by atoms with van der Waals surface area (Å²) < 4.78 is 5.86. The SMILES string of the molecule is CCCN(Cc1cc(CNCC)c(C)o1)C(C)C. The molecule has 0 aliphatic heterocycles. The van der Waals surface area contributed by atoms with E-state index in [-0.39, 0.29) is 0 Å². The lowest BCUT2D eigenvalue weighted by Crippen LogP contribution is -2.30. The highest BCUT2D eigenvalue weighted by atomic mass is 16.3. The van der Waals surface area contributed by atoms with Crippen molar-refractivity contribution in [1.82, 2.24) is 10.2 Å². The third kappa shape index (κ3) is 4.46. The first kappa shape index (κ1) is 15.3. The maximum absolute atomic E-state index is 5.86. The highest BCUT2D eigenvalue weighted by Gasteiger charge is 2.13. The van der Waals surface area contributed by atoms with Gasteiger partial charge in [0.15, 0.2) is 0 Å². The lowest BCUT2D eigenvalue weighted by Gasteiger charge is -2.24. The molecule has 18 heavy (non-hydrogen) atoms. The van der Waals surface area contributed by atoms with E-state index in [2.05, 4.69) is 50.9 Å². The molecular weight excluding hydrogens is 224 g/mol. The summed E-state index contributed by atoms with van der Waals surface area (Å²) >= 11 is 0. The van der Waals surface area contributed by atoms with Crippen LogP contribution in [0.3, 0.4) is 0 Å². The molecule has 0 aliphatic carbocycles. The summed E-state index contributed by atoms with van der Waals surface area (Å²) in [7, 11) is 0. The van der Waals surface area contributed by atoms with Crippen molar-refractivity contribution in [3.8, 4) is 0 Å². The van der Waals surface area contributed by atoms with Crippen LogP contribution in [-0.2, 0) is 13.1 Å². The fourth-order valence-corrected chi connectivity index (χ4v) is 2.11. The van der Waals surface area contributed by atoms with Gasteiger partial charge in [-0.3, -0.25) is 4.90 Å². The molecule has 0 bridgehead atoms. The van der Waals surface area contributed by atoms with E-state index in [0.717, 1.165) is 37.7 Å². The average Bonchev–Trinajstić information content (AvgIpc) is 2.66. The molecule has 0 aromatic carbocycles. The van der Waals surface area contributed by atoms with Gasteiger partial charge >= 0.3 is 0 Å². The zero-order chi connectivity index (χ0) is 13.5. The van der Waals surface area contributed by atoms with Gasteiger partial charge in [0.05, 0.1) is 6.54 Å². The number of rotatable bonds is 8. The Morgan fingerprint density at radius 1 is 1.33 bits per heavy atom. The minimum Gasteiger partial charge on any atom is -0.465 e. The quantitative estimate of drug-likeness (QED) is 0.769. The van der Waals surface area contributed by atoms with Gasteiger partial charge in [0.1, 0.15) is 11.5 Å². The maximum atomic E-state index is 5.86. The first-order valence-electron chi connectivity index (χ1n) is 7.11. The van der Waals surface area contributed by atoms with E-state index in [1.807, 2.05) is 0 Å². The molecule has 0 saturated heterocycles. The Balaban J connectivity index is 2.65. The summed E-state index contributed by atoms with van der Waals surface area (Å²) in [6.07, 6.45) is 1.18. The highest BCUT2D eigenvalue weighted by Crippen LogP contribution is 2.17. The molecule has 0 unspecified atom stereocenters. The predicted molar refractivity (Wildman–Crippen MR) is 76.7 cm³/mol. The number of nitrogens with zero attached hydrogens (tertiary/aromatic N) is 1. The van der Waals surface area contributed by atoms with Gasteiger partial charge in [0, 0.05) is 18.2 Å². The third-order valence-electron chi connectivity index (χ3n) is 3.24. The molecule has 0 fully saturated rings. The van der Waals surface area contributed by atoms with Crippen LogP contribution in [0.4, 0.5) is 0 Å². The molecule has 0 aliphatic rings. The van der Waals surface area contributed by atoms with Crippen LogP contribution in [0.5, 0.6) is 0 Å². The smallest absolute Gasteiger partial charge is 0.118 e. The molecule has 1 rings (SSSR count). The molecule has 0 spiro atoms. The predicted octanol–water partition coefficient (Wildman–Crippen LogP) is 3.32. The van der Waals surface area contributed by atoms with E-state index < -0.39 is 0 Å². The van der Waals surface area contributed by atoms with Crippen molar-refractivity contribution in [3.05, 3.63) is 23.2 Å². The molecule has 104 valence electrons. The maximum Gasteiger partial charge on any atom is 0.118 e. The number of hydrogen-bond acceptors (Lipinski definition) is 3. The summed E-state index contributed by atoms with van der Waals surface area (Å²) in [5.41, 5.74) is 1.28. The van der Waals surface area contributed by atoms with E-state index in [9.17, 15) is 0 Å². The Morgan fingerprint density at radius 3 is 2.61 bits per heavy atom. The third-order valence-corrected chi connectivity index (χ3v) is 3.24. The first-order valence-corrected chi connectivity index (χ1v) is 7.11. The van der Waals surface area contributed by atoms with E-state index in [1.165, 1.54) is 12.0 Å². The summed E-state index contributed by atoms with van der Waals surface area (Å²) in [6.45, 7) is 14.8. The van der Waals surface area contributed by atoms with Gasteiger partial charge in [-0.25, -0.2) is 0 Å². The normalized spacial score (nSPS) is 11.7. The number of aryl methyl sites for hydroxylation is 1. The van der Waals surface area contributed by atoms with Gasteiger partial charge < -0.3 is 9.73 Å². The Morgan fingerprint density at radius 2 is 2.06 bits per heavy atom. The second kappa shape index (κ2) is 7.59. The fourth-order valence-electron chi connectivity index (χ4n) is 2.11. The van der Waals surface area contributed by atoms with Crippen molar-refractivity contribution in [2.45, 2.75) is 60.2 Å². The van der Waals surface area contributed by atoms with Crippen LogP contribution < -0.4 is 5.32 Å². The van der Waals surface area contributed by atoms with E-state index >= 15 is 0 Å². The van der Waals surface area contributed by atoms with E-state index in [1.54, 1.807) is 0 Å². The lowest BCUT2D eigenvalue weighted by molar-refractivity contribution is 0.196. The number of furan rings is 1. The van der Waals surface area contributed by atoms with Gasteiger partial charge in [-0.05, 0) is 46.3 Å². The molecule has 0 radical (unpaired) electrons. The van der Waals surface area contributed by atoms with Crippen molar-refractivity contribution in [2.75, 3.05) is 13.1 Å². The van der Waals surface area contributed by atoms with E-state index in [0.29, 0.717) is 6.04 Å². The van der Waals surface area contributed by atoms with Gasteiger partial charge in [0.25, 0.3) is 0 Å². The van der Waals surface area contributed by atoms with Crippen LogP contribution >= 0.6 is 0 Å². The summed E-state index contributed by atoms with van der Waals surface area (Å²) in [5, 5.41) is 3.35. The second-order valence-corrected chi connectivity index (χ2v) is 5.14. The van der Waals surface area contributed by atoms with Gasteiger partial charge in [-0.2, -0.15) is 0 Å². The van der Waals surface area contributed by atoms with Crippen LogP contribution in [0.1, 0.15) is 51.2 Å². The molecule has 3 heteroatoms. The van der Waals surface area contributed by atoms with Crippen LogP contribution in [0.2, 0.25) is 0 Å². The standard InChI is InChI=1S/C15H28N2O/c1-6-8-17(12(3)4)11-15-9-14(10-16-7-2)13(5)18-15/h9,12,16H,6-8,10-11H2,1-5H3. The molecular formula is C15H28N2O. The minimum absolute atomic E-state index is 0.563. The Hall–Kier alpha value is -0.800. The van der Waals surface area contributed by atoms with E-state index in [4.69, 9.17) is 4.42 Å². The van der Waals surface area contributed by atoms with Crippen LogP contribution in [-0.4, -0.2) is 24.0 Å². The Labute approximate surface area is 112 Å². The topological polar surface area (TPSA) is 28.4 Å². The van der Waals surface area contributed by atoms with Crippen LogP contribution in [0.25, 0.3) is 0 Å². The Kier molecular flexibility index (Phi) is 6.44. The summed E-state index contributed by atoms with van der Waals surface area (Å²) in [5.74, 6) is 2.13. The fraction of sp³-hybridized carbons (Fsp3) is 0.733. The van der Waals surface area contributed by atoms with Crippen LogP contribution in [0, 0.1) is 6.92 Å². The molecule has 1 aromatic rings. The monoisotopic (exact) mass is 252 g/mol. The van der Waals surface area contributed by atoms with Crippen molar-refractivity contribution >= 4 is 0 Å². The molecule has 3 nitrogen and oxygen atoms in total. The molecule has 0 amide bonds. The molecule has 1 N–H and O–H groups in total.